The molecule has 10 aromatic rings. The van der Waals surface area contributed by atoms with Crippen molar-refractivity contribution in [3.63, 3.8) is 0 Å². The minimum absolute atomic E-state index is 0.103. The van der Waals surface area contributed by atoms with Crippen LogP contribution in [-0.4, -0.2) is 88.3 Å². The molecule has 8 aromatic heterocycles. The van der Waals surface area contributed by atoms with Crippen LogP contribution in [0.15, 0.2) is 24.3 Å². The number of thiophene rings is 8. The molecule has 0 N–H and O–H groups in total. The second-order valence-corrected chi connectivity index (χ2v) is 80.7. The fraction of sp³-hybridized carbons (Fsp3) is 0.660. The number of ether oxygens (including phenoxy) is 6. The first-order valence-electron chi connectivity index (χ1n) is 47.1. The molecule has 120 heavy (non-hydrogen) atoms. The van der Waals surface area contributed by atoms with Crippen molar-refractivity contribution in [2.75, 3.05) is 39.6 Å². The van der Waals surface area contributed by atoms with Crippen molar-refractivity contribution >= 4 is 206 Å². The molecule has 0 aliphatic rings. The standard InChI is InChI=1S/C82H106F2O8S8.6C3H7.2Sn/c1-13-25-31-49(19-7)43-87-65-55-37-39-93-69(55)67(89-45-51(21-9)33-27-15-3)57-41-59(95-71(57)65)73-75-61(63(83)79(99-75)81(85)91-47-53(23-11)35-29-17-5)77(97-73)78-62-64(84)80(82(86)92-48-54(24-12)36-30-18-6)100-76(62)74(98-78)60-42-58-68(90-46-52(22-10)34-28-16-4)70-56(38-40-94-70)66(72(58)96-60)88-44-50(20-8)32-26-14-2;6*1-3-2;;/h37-38,41-42,49-54H,13-36,43-48H2,1-12H3;6*3H,1-2H3;;. The average Bonchev–Trinajstić information content (AvgIpc) is 1.55. The number of fused-ring (bicyclic) bond motifs is 6. The van der Waals surface area contributed by atoms with Gasteiger partial charge >= 0.3 is 646 Å². The average molecular weight is 2010 g/mol. The van der Waals surface area contributed by atoms with Crippen LogP contribution in [0.5, 0.6) is 23.0 Å². The topological polar surface area (TPSA) is 89.5 Å². The van der Waals surface area contributed by atoms with Crippen LogP contribution in [0.3, 0.4) is 0 Å². The van der Waals surface area contributed by atoms with E-state index >= 15 is 18.4 Å². The van der Waals surface area contributed by atoms with Gasteiger partial charge < -0.3 is 9.47 Å². The number of halogens is 2. The van der Waals surface area contributed by atoms with E-state index in [9.17, 15) is 0 Å². The molecule has 0 fully saturated rings. The molecule has 666 valence electrons. The third kappa shape index (κ3) is 21.0. The Morgan fingerprint density at radius 1 is 0.308 bits per heavy atom. The van der Waals surface area contributed by atoms with Crippen LogP contribution >= 0.6 is 90.7 Å². The maximum absolute atomic E-state index is 19.1. The van der Waals surface area contributed by atoms with E-state index in [0.717, 1.165) is 260 Å². The van der Waals surface area contributed by atoms with Crippen molar-refractivity contribution in [1.82, 2.24) is 0 Å². The van der Waals surface area contributed by atoms with Crippen LogP contribution in [0.25, 0.3) is 89.8 Å². The second-order valence-electron chi connectivity index (χ2n) is 36.9. The summed E-state index contributed by atoms with van der Waals surface area (Å²) >= 11 is 5.83. The molecule has 0 radical (unpaired) electrons. The molecular formula is C100H148F2O8S8Sn2. The summed E-state index contributed by atoms with van der Waals surface area (Å²) in [6.07, 6.45) is 24.7. The Morgan fingerprint density at radius 3 is 0.792 bits per heavy atom. The van der Waals surface area contributed by atoms with Gasteiger partial charge in [-0.3, -0.25) is 0 Å². The molecular weight excluding hydrogens is 1860 g/mol. The number of benzene rings is 2. The molecule has 0 spiro atoms. The molecule has 2 aromatic carbocycles. The van der Waals surface area contributed by atoms with Crippen molar-refractivity contribution in [2.45, 2.75) is 344 Å². The summed E-state index contributed by atoms with van der Waals surface area (Å²) in [5.74, 6) is 2.41. The Kier molecular flexibility index (Phi) is 38.0. The summed E-state index contributed by atoms with van der Waals surface area (Å²) in [7, 11) is 0. The van der Waals surface area contributed by atoms with Crippen molar-refractivity contribution in [3.8, 4) is 52.3 Å². The van der Waals surface area contributed by atoms with Crippen molar-refractivity contribution < 1.29 is 46.8 Å². The summed E-state index contributed by atoms with van der Waals surface area (Å²) in [4.78, 5) is 34.3. The number of hydrogen-bond acceptors (Lipinski definition) is 16. The van der Waals surface area contributed by atoms with E-state index in [1.54, 1.807) is 28.5 Å². The Labute approximate surface area is 761 Å². The van der Waals surface area contributed by atoms with Crippen LogP contribution in [0.2, 0.25) is 23.6 Å². The van der Waals surface area contributed by atoms with E-state index in [1.807, 2.05) is 22.7 Å². The first-order chi connectivity index (χ1) is 57.6. The second kappa shape index (κ2) is 45.9. The predicted octanol–water partition coefficient (Wildman–Crippen LogP) is 35.3. The number of unbranched alkanes of at least 4 members (excludes halogenated alkanes) is 6. The van der Waals surface area contributed by atoms with Gasteiger partial charge in [0, 0.05) is 0 Å². The Hall–Kier alpha value is -2.80. The Morgan fingerprint density at radius 2 is 0.550 bits per heavy atom. The van der Waals surface area contributed by atoms with E-state index in [-0.39, 0.29) is 45.6 Å². The van der Waals surface area contributed by atoms with Gasteiger partial charge in [-0.1, -0.05) is 66.2 Å². The molecule has 0 saturated heterocycles. The van der Waals surface area contributed by atoms with Crippen LogP contribution < -0.4 is 24.7 Å². The molecule has 10 rings (SSSR count). The number of rotatable bonds is 53. The van der Waals surface area contributed by atoms with Crippen molar-refractivity contribution in [3.05, 3.63) is 45.7 Å². The van der Waals surface area contributed by atoms with Gasteiger partial charge in [-0.05, 0) is 24.7 Å². The molecule has 0 aliphatic carbocycles. The third-order valence-electron chi connectivity index (χ3n) is 27.3. The maximum atomic E-state index is 19.1. The molecule has 0 saturated carbocycles. The first kappa shape index (κ1) is 99.4. The molecule has 0 aliphatic heterocycles. The summed E-state index contributed by atoms with van der Waals surface area (Å²) in [5, 5.41) is 4.66. The zero-order valence-corrected chi connectivity index (χ0v) is 90.0. The summed E-state index contributed by atoms with van der Waals surface area (Å²) < 4.78 is 92.7. The van der Waals surface area contributed by atoms with Crippen molar-refractivity contribution in [2.24, 2.45) is 35.5 Å². The summed E-state index contributed by atoms with van der Waals surface area (Å²) in [6.45, 7) is 59.2. The number of carbonyl (C=O) groups excluding carboxylic acids is 2. The van der Waals surface area contributed by atoms with Gasteiger partial charge in [0.2, 0.25) is 0 Å². The third-order valence-corrected chi connectivity index (χ3v) is 81.9. The van der Waals surface area contributed by atoms with E-state index < -0.39 is 60.3 Å². The Bertz CT molecular complexity index is 4460. The molecule has 6 atom stereocenters. The zero-order valence-electron chi connectivity index (χ0n) is 77.7. The van der Waals surface area contributed by atoms with Crippen LogP contribution in [-0.2, 0) is 9.47 Å². The SMILES string of the molecule is CCCCC(CC)COC(=O)c1sc2c(-c3cc4c(OCC(CC)CCCC)c5s[c]([Sn]([CH](C)C)([CH](C)C)[CH](C)C)cc5c(OCC(CC)CCCC)c4s3)sc(-c3sc(-c4cc5c(OCC(CC)CCCC)c6s[c]([Sn]([CH](C)C)([CH](C)C)[CH](C)C)cc6c(OCC(CC)CCCC)c5s4)c4sc(C(=O)OCC(CC)CCCC)c(F)c34)c2c1F. The van der Waals surface area contributed by atoms with E-state index in [4.69, 9.17) is 28.4 Å². The molecule has 20 heteroatoms. The predicted molar refractivity (Wildman–Crippen MR) is 534 cm³/mol. The van der Waals surface area contributed by atoms with Crippen LogP contribution in [0.1, 0.15) is 340 Å². The monoisotopic (exact) mass is 2010 g/mol. The van der Waals surface area contributed by atoms with Gasteiger partial charge in [0.15, 0.2) is 0 Å². The zero-order chi connectivity index (χ0) is 87.2. The van der Waals surface area contributed by atoms with Crippen molar-refractivity contribution in [1.29, 1.82) is 0 Å². The van der Waals surface area contributed by atoms with Gasteiger partial charge in [-0.2, -0.15) is 0 Å². The van der Waals surface area contributed by atoms with E-state index in [1.165, 1.54) is 22.7 Å². The fourth-order valence-electron chi connectivity index (χ4n) is 19.9. The van der Waals surface area contributed by atoms with Crippen LogP contribution in [0.4, 0.5) is 8.78 Å². The fourth-order valence-corrected chi connectivity index (χ4v) is 79.1. The number of hydrogen-bond donors (Lipinski definition) is 0. The quantitative estimate of drug-likeness (QED) is 0.0275. The van der Waals surface area contributed by atoms with E-state index in [2.05, 4.69) is 190 Å². The number of carbonyl (C=O) groups is 2. The summed E-state index contributed by atoms with van der Waals surface area (Å²) in [6, 6.07) is 9.65. The normalized spacial score (nSPS) is 14.2. The van der Waals surface area contributed by atoms with Crippen LogP contribution in [0, 0.1) is 47.1 Å². The molecule has 0 bridgehead atoms. The van der Waals surface area contributed by atoms with Gasteiger partial charge in [0.1, 0.15) is 0 Å². The molecule has 6 unspecified atom stereocenters. The van der Waals surface area contributed by atoms with Gasteiger partial charge in [0.25, 0.3) is 0 Å². The molecule has 0 amide bonds. The van der Waals surface area contributed by atoms with Gasteiger partial charge in [-0.25, -0.2) is 9.59 Å². The summed E-state index contributed by atoms with van der Waals surface area (Å²) in [5.41, 5.74) is 0. The van der Waals surface area contributed by atoms with E-state index in [0.29, 0.717) is 92.9 Å². The molecule has 8 heterocycles. The first-order valence-corrected chi connectivity index (χ1v) is 66.3. The molecule has 8 nitrogen and oxygen atoms in total. The van der Waals surface area contributed by atoms with Gasteiger partial charge in [-0.15, -0.1) is 0 Å². The Balaban J connectivity index is 1.33. The number of esters is 2. The van der Waals surface area contributed by atoms with Gasteiger partial charge in [0.05, 0.1) is 13.2 Å². The minimum atomic E-state index is -3.30.